The molecule has 0 aliphatic carbocycles. The van der Waals surface area contributed by atoms with Gasteiger partial charge in [-0.3, -0.25) is 9.69 Å². The largest absolute Gasteiger partial charge is 0.336 e. The number of pyridine rings is 1. The number of nitrogens with zero attached hydrogens (tertiary/aromatic N) is 4. The van der Waals surface area contributed by atoms with Crippen LogP contribution in [0.15, 0.2) is 12.3 Å². The minimum atomic E-state index is -1.27. The lowest BCUT2D eigenvalue weighted by Gasteiger charge is -2.40. The third-order valence-electron chi connectivity index (χ3n) is 3.71. The summed E-state index contributed by atoms with van der Waals surface area (Å²) in [5.41, 5.74) is -0.918. The Morgan fingerprint density at radius 1 is 1.33 bits per heavy atom. The first-order valence-corrected chi connectivity index (χ1v) is 6.62. The van der Waals surface area contributed by atoms with Gasteiger partial charge in [0.1, 0.15) is 5.54 Å². The van der Waals surface area contributed by atoms with E-state index in [1.807, 2.05) is 18.7 Å². The molecule has 1 saturated heterocycles. The second kappa shape index (κ2) is 5.74. The minimum Gasteiger partial charge on any atom is -0.336 e. The number of halogens is 2. The monoisotopic (exact) mass is 294 g/mol. The molecule has 0 unspecified atom stereocenters. The zero-order valence-corrected chi connectivity index (χ0v) is 11.9. The lowest BCUT2D eigenvalue weighted by molar-refractivity contribution is 0.0515. The van der Waals surface area contributed by atoms with E-state index in [2.05, 4.69) is 11.1 Å². The number of nitriles is 1. The van der Waals surface area contributed by atoms with Gasteiger partial charge >= 0.3 is 0 Å². The molecule has 1 aromatic rings. The minimum absolute atomic E-state index is 0.310. The van der Waals surface area contributed by atoms with Crippen LogP contribution in [0.5, 0.6) is 0 Å². The van der Waals surface area contributed by atoms with Crippen molar-refractivity contribution in [3.05, 3.63) is 29.6 Å². The van der Waals surface area contributed by atoms with E-state index >= 15 is 0 Å². The molecule has 1 fully saturated rings. The number of carbonyl (C=O) groups excluding carboxylic acids is 1. The van der Waals surface area contributed by atoms with E-state index in [0.29, 0.717) is 26.2 Å². The van der Waals surface area contributed by atoms with Crippen LogP contribution in [0, 0.1) is 23.1 Å². The summed E-state index contributed by atoms with van der Waals surface area (Å²) in [5.74, 6) is -3.05. The fraction of sp³-hybridized carbons (Fsp3) is 0.500. The van der Waals surface area contributed by atoms with Crippen molar-refractivity contribution in [3.8, 4) is 6.07 Å². The summed E-state index contributed by atoms with van der Waals surface area (Å²) in [7, 11) is 0. The van der Waals surface area contributed by atoms with Gasteiger partial charge in [-0.05, 0) is 19.9 Å². The Bertz CT molecular complexity index is 589. The van der Waals surface area contributed by atoms with Crippen LogP contribution in [0.4, 0.5) is 8.78 Å². The predicted octanol–water partition coefficient (Wildman–Crippen LogP) is 1.42. The average molecular weight is 294 g/mol. The highest BCUT2D eigenvalue weighted by Gasteiger charge is 2.32. The van der Waals surface area contributed by atoms with Crippen molar-refractivity contribution in [2.45, 2.75) is 19.4 Å². The molecule has 0 saturated carbocycles. The Labute approximate surface area is 121 Å². The molecule has 0 spiro atoms. The first-order chi connectivity index (χ1) is 9.86. The predicted molar refractivity (Wildman–Crippen MR) is 71.3 cm³/mol. The summed E-state index contributed by atoms with van der Waals surface area (Å²) in [6, 6.07) is 3.38. The molecule has 0 aromatic carbocycles. The van der Waals surface area contributed by atoms with Gasteiger partial charge in [0.25, 0.3) is 5.91 Å². The van der Waals surface area contributed by atoms with Gasteiger partial charge in [0, 0.05) is 32.4 Å². The Kier molecular flexibility index (Phi) is 4.19. The van der Waals surface area contributed by atoms with Crippen LogP contribution >= 0.6 is 0 Å². The first kappa shape index (κ1) is 15.3. The molecule has 1 aromatic heterocycles. The van der Waals surface area contributed by atoms with Crippen molar-refractivity contribution in [3.63, 3.8) is 0 Å². The molecule has 21 heavy (non-hydrogen) atoms. The highest BCUT2D eigenvalue weighted by molar-refractivity contribution is 5.94. The lowest BCUT2D eigenvalue weighted by Crippen LogP contribution is -2.55. The maximum absolute atomic E-state index is 13.6. The number of hydrogen-bond donors (Lipinski definition) is 0. The number of carbonyl (C=O) groups is 1. The first-order valence-electron chi connectivity index (χ1n) is 6.62. The summed E-state index contributed by atoms with van der Waals surface area (Å²) in [6.07, 6.45) is 1.07. The molecule has 1 aliphatic rings. The fourth-order valence-electron chi connectivity index (χ4n) is 2.29. The number of aromatic nitrogens is 1. The van der Waals surface area contributed by atoms with Crippen molar-refractivity contribution >= 4 is 5.91 Å². The van der Waals surface area contributed by atoms with Crippen molar-refractivity contribution < 1.29 is 13.6 Å². The van der Waals surface area contributed by atoms with Gasteiger partial charge in [-0.2, -0.15) is 9.65 Å². The maximum Gasteiger partial charge on any atom is 0.257 e. The Morgan fingerprint density at radius 2 is 1.95 bits per heavy atom. The third kappa shape index (κ3) is 3.00. The highest BCUT2D eigenvalue weighted by atomic mass is 19.2. The number of piperazine rings is 1. The standard InChI is InChI=1S/C14H16F2N4O/c1-14(2,9-17)20-7-5-19(6-8-20)13(21)10-3-4-18-12(16)11(10)15/h3-4H,5-8H2,1-2H3. The topological polar surface area (TPSA) is 60.2 Å². The maximum atomic E-state index is 13.6. The second-order valence-electron chi connectivity index (χ2n) is 5.41. The summed E-state index contributed by atoms with van der Waals surface area (Å²) in [6.45, 7) is 5.38. The average Bonchev–Trinajstić information content (AvgIpc) is 2.49. The molecule has 5 nitrogen and oxygen atoms in total. The lowest BCUT2D eigenvalue weighted by atomic mass is 10.0. The SMILES string of the molecule is CC(C)(C#N)N1CCN(C(=O)c2ccnc(F)c2F)CC1. The smallest absolute Gasteiger partial charge is 0.257 e. The van der Waals surface area contributed by atoms with Gasteiger partial charge < -0.3 is 4.90 Å². The molecule has 112 valence electrons. The normalized spacial score (nSPS) is 16.6. The highest BCUT2D eigenvalue weighted by Crippen LogP contribution is 2.18. The van der Waals surface area contributed by atoms with E-state index in [0.717, 1.165) is 6.20 Å². The molecular weight excluding hydrogens is 278 g/mol. The molecule has 0 atom stereocenters. The van der Waals surface area contributed by atoms with Crippen molar-refractivity contribution in [2.24, 2.45) is 0 Å². The second-order valence-corrected chi connectivity index (χ2v) is 5.41. The van der Waals surface area contributed by atoms with Crippen LogP contribution in [0.1, 0.15) is 24.2 Å². The third-order valence-corrected chi connectivity index (χ3v) is 3.71. The van der Waals surface area contributed by atoms with E-state index in [9.17, 15) is 13.6 Å². The van der Waals surface area contributed by atoms with Crippen molar-refractivity contribution in [2.75, 3.05) is 26.2 Å². The summed E-state index contributed by atoms with van der Waals surface area (Å²) in [5, 5.41) is 9.10. The van der Waals surface area contributed by atoms with Crippen LogP contribution in [-0.4, -0.2) is 52.4 Å². The van der Waals surface area contributed by atoms with E-state index in [-0.39, 0.29) is 5.56 Å². The van der Waals surface area contributed by atoms with Crippen LogP contribution in [-0.2, 0) is 0 Å². The Morgan fingerprint density at radius 3 is 2.52 bits per heavy atom. The van der Waals surface area contributed by atoms with E-state index in [4.69, 9.17) is 5.26 Å². The Hall–Kier alpha value is -2.07. The molecule has 1 amide bonds. The zero-order chi connectivity index (χ0) is 15.6. The molecule has 0 radical (unpaired) electrons. The number of rotatable bonds is 2. The fourth-order valence-corrected chi connectivity index (χ4v) is 2.29. The quantitative estimate of drug-likeness (QED) is 0.774. The van der Waals surface area contributed by atoms with E-state index in [1.54, 1.807) is 0 Å². The number of amides is 1. The summed E-state index contributed by atoms with van der Waals surface area (Å²) in [4.78, 5) is 18.8. The molecule has 0 bridgehead atoms. The van der Waals surface area contributed by atoms with Crippen molar-refractivity contribution in [1.82, 2.24) is 14.8 Å². The van der Waals surface area contributed by atoms with Gasteiger partial charge in [-0.15, -0.1) is 0 Å². The molecule has 0 N–H and O–H groups in total. The zero-order valence-electron chi connectivity index (χ0n) is 11.9. The van der Waals surface area contributed by atoms with Gasteiger partial charge in [0.05, 0.1) is 11.6 Å². The van der Waals surface area contributed by atoms with Gasteiger partial charge in [0.15, 0.2) is 5.82 Å². The van der Waals surface area contributed by atoms with Crippen LogP contribution < -0.4 is 0 Å². The van der Waals surface area contributed by atoms with Gasteiger partial charge in [0.2, 0.25) is 5.95 Å². The molecule has 2 rings (SSSR count). The molecular formula is C14H16F2N4O. The van der Waals surface area contributed by atoms with Crippen molar-refractivity contribution in [1.29, 1.82) is 5.26 Å². The molecule has 1 aliphatic heterocycles. The van der Waals surface area contributed by atoms with Crippen LogP contribution in [0.3, 0.4) is 0 Å². The Balaban J connectivity index is 2.08. The van der Waals surface area contributed by atoms with Crippen LogP contribution in [0.25, 0.3) is 0 Å². The summed E-state index contributed by atoms with van der Waals surface area (Å²) >= 11 is 0. The van der Waals surface area contributed by atoms with Crippen LogP contribution in [0.2, 0.25) is 0 Å². The van der Waals surface area contributed by atoms with E-state index in [1.165, 1.54) is 11.0 Å². The van der Waals surface area contributed by atoms with Gasteiger partial charge in [-0.25, -0.2) is 9.37 Å². The number of hydrogen-bond acceptors (Lipinski definition) is 4. The van der Waals surface area contributed by atoms with E-state index < -0.39 is 23.2 Å². The molecule has 2 heterocycles. The summed E-state index contributed by atoms with van der Waals surface area (Å²) < 4.78 is 26.7. The van der Waals surface area contributed by atoms with Gasteiger partial charge in [-0.1, -0.05) is 0 Å². The molecule has 7 heteroatoms.